The molecule has 21 heavy (non-hydrogen) atoms. The summed E-state index contributed by atoms with van der Waals surface area (Å²) in [4.78, 5) is 0. The number of likely N-dealkylation sites (N-methyl/N-ethyl adjacent to an activating group) is 1. The number of benzene rings is 1. The van der Waals surface area contributed by atoms with Gasteiger partial charge in [-0.2, -0.15) is 0 Å². The second kappa shape index (κ2) is 6.77. The van der Waals surface area contributed by atoms with Crippen molar-refractivity contribution in [2.24, 2.45) is 5.92 Å². The van der Waals surface area contributed by atoms with Gasteiger partial charge in [-0.15, -0.1) is 0 Å². The first-order chi connectivity index (χ1) is 10.3. The Labute approximate surface area is 126 Å². The van der Waals surface area contributed by atoms with Crippen LogP contribution in [0, 0.1) is 5.92 Å². The van der Waals surface area contributed by atoms with Crippen molar-refractivity contribution in [1.82, 2.24) is 5.32 Å². The van der Waals surface area contributed by atoms with Gasteiger partial charge in [-0.3, -0.25) is 0 Å². The summed E-state index contributed by atoms with van der Waals surface area (Å²) >= 11 is 0. The zero-order valence-corrected chi connectivity index (χ0v) is 12.9. The predicted molar refractivity (Wildman–Crippen MR) is 81.8 cm³/mol. The molecule has 3 atom stereocenters. The molecule has 0 spiro atoms. The molecule has 1 N–H and O–H groups in total. The molecule has 2 aliphatic rings. The summed E-state index contributed by atoms with van der Waals surface area (Å²) < 4.78 is 17.0. The van der Waals surface area contributed by atoms with Gasteiger partial charge in [-0.1, -0.05) is 6.07 Å². The zero-order valence-electron chi connectivity index (χ0n) is 12.9. The van der Waals surface area contributed by atoms with Crippen LogP contribution in [0.4, 0.5) is 0 Å². The Hall–Kier alpha value is -1.10. The highest BCUT2D eigenvalue weighted by atomic mass is 16.5. The lowest BCUT2D eigenvalue weighted by molar-refractivity contribution is -0.00352. The van der Waals surface area contributed by atoms with E-state index >= 15 is 0 Å². The molecule has 1 aromatic carbocycles. The highest BCUT2D eigenvalue weighted by Crippen LogP contribution is 2.34. The number of ether oxygens (including phenoxy) is 3. The molecule has 4 nitrogen and oxygen atoms in total. The third-order valence-corrected chi connectivity index (χ3v) is 4.64. The van der Waals surface area contributed by atoms with Gasteiger partial charge < -0.3 is 19.5 Å². The molecule has 0 bridgehead atoms. The Balaban J connectivity index is 1.70. The molecule has 1 saturated heterocycles. The van der Waals surface area contributed by atoms with Gasteiger partial charge >= 0.3 is 0 Å². The predicted octanol–water partition coefficient (Wildman–Crippen LogP) is 2.32. The van der Waals surface area contributed by atoms with E-state index in [2.05, 4.69) is 17.4 Å². The molecule has 116 valence electrons. The van der Waals surface area contributed by atoms with Crippen LogP contribution in [0.15, 0.2) is 18.2 Å². The molecular weight excluding hydrogens is 266 g/mol. The van der Waals surface area contributed by atoms with Crippen LogP contribution in [0.1, 0.15) is 30.0 Å². The molecule has 1 fully saturated rings. The van der Waals surface area contributed by atoms with Crippen LogP contribution in [0.3, 0.4) is 0 Å². The summed E-state index contributed by atoms with van der Waals surface area (Å²) in [7, 11) is 3.72. The maximum absolute atomic E-state index is 6.22. The number of rotatable bonds is 5. The van der Waals surface area contributed by atoms with Gasteiger partial charge in [0.2, 0.25) is 0 Å². The fourth-order valence-corrected chi connectivity index (χ4v) is 3.38. The van der Waals surface area contributed by atoms with Crippen molar-refractivity contribution < 1.29 is 14.2 Å². The van der Waals surface area contributed by atoms with Crippen molar-refractivity contribution in [3.05, 3.63) is 29.3 Å². The Morgan fingerprint density at radius 1 is 1.33 bits per heavy atom. The minimum Gasteiger partial charge on any atom is -0.497 e. The van der Waals surface area contributed by atoms with Crippen LogP contribution in [0.25, 0.3) is 0 Å². The van der Waals surface area contributed by atoms with Crippen LogP contribution in [0.5, 0.6) is 5.75 Å². The molecule has 3 unspecified atom stereocenters. The SMILES string of the molecule is CNC1c2cc(OC)ccc2CCC1OCC1CCOC1. The molecule has 1 heterocycles. The number of aryl methyl sites for hydroxylation is 1. The Morgan fingerprint density at radius 3 is 2.95 bits per heavy atom. The lowest BCUT2D eigenvalue weighted by Gasteiger charge is -2.34. The largest absolute Gasteiger partial charge is 0.497 e. The molecule has 0 aromatic heterocycles. The van der Waals surface area contributed by atoms with Crippen LogP contribution >= 0.6 is 0 Å². The molecule has 1 aliphatic carbocycles. The van der Waals surface area contributed by atoms with Gasteiger partial charge in [0, 0.05) is 12.5 Å². The standard InChI is InChI=1S/C17H25NO3/c1-18-17-15-9-14(19-2)5-3-13(15)4-6-16(17)21-11-12-7-8-20-10-12/h3,5,9,12,16-18H,4,6-8,10-11H2,1-2H3. The summed E-state index contributed by atoms with van der Waals surface area (Å²) in [5.41, 5.74) is 2.72. The van der Waals surface area contributed by atoms with E-state index < -0.39 is 0 Å². The van der Waals surface area contributed by atoms with Gasteiger partial charge in [-0.25, -0.2) is 0 Å². The van der Waals surface area contributed by atoms with E-state index in [0.29, 0.717) is 5.92 Å². The lowest BCUT2D eigenvalue weighted by Crippen LogP contribution is -2.37. The number of methoxy groups -OCH3 is 1. The summed E-state index contributed by atoms with van der Waals surface area (Å²) in [6.45, 7) is 2.54. The van der Waals surface area contributed by atoms with Crippen LogP contribution in [0.2, 0.25) is 0 Å². The van der Waals surface area contributed by atoms with Crippen molar-refractivity contribution in [1.29, 1.82) is 0 Å². The van der Waals surface area contributed by atoms with Crippen LogP contribution in [-0.2, 0) is 15.9 Å². The molecule has 0 saturated carbocycles. The van der Waals surface area contributed by atoms with Crippen LogP contribution < -0.4 is 10.1 Å². The number of hydrogen-bond donors (Lipinski definition) is 1. The average molecular weight is 291 g/mol. The second-order valence-corrected chi connectivity index (χ2v) is 5.97. The quantitative estimate of drug-likeness (QED) is 0.904. The van der Waals surface area contributed by atoms with Crippen molar-refractivity contribution >= 4 is 0 Å². The minimum absolute atomic E-state index is 0.232. The number of fused-ring (bicyclic) bond motifs is 1. The van der Waals surface area contributed by atoms with Gasteiger partial charge in [0.15, 0.2) is 0 Å². The van der Waals surface area contributed by atoms with E-state index in [1.807, 2.05) is 13.1 Å². The smallest absolute Gasteiger partial charge is 0.119 e. The third-order valence-electron chi connectivity index (χ3n) is 4.64. The maximum atomic E-state index is 6.22. The topological polar surface area (TPSA) is 39.7 Å². The van der Waals surface area contributed by atoms with Crippen molar-refractivity contribution in [2.45, 2.75) is 31.4 Å². The lowest BCUT2D eigenvalue weighted by atomic mass is 9.85. The summed E-state index contributed by atoms with van der Waals surface area (Å²) in [5, 5.41) is 3.43. The average Bonchev–Trinajstić information content (AvgIpc) is 3.05. The molecule has 1 aromatic rings. The highest BCUT2D eigenvalue weighted by Gasteiger charge is 2.30. The van der Waals surface area contributed by atoms with Gasteiger partial charge in [-0.05, 0) is 49.6 Å². The first-order valence-corrected chi connectivity index (χ1v) is 7.85. The Kier molecular flexibility index (Phi) is 4.78. The Morgan fingerprint density at radius 2 is 2.24 bits per heavy atom. The zero-order chi connectivity index (χ0) is 14.7. The van der Waals surface area contributed by atoms with Crippen molar-refractivity contribution in [3.8, 4) is 5.75 Å². The maximum Gasteiger partial charge on any atom is 0.119 e. The van der Waals surface area contributed by atoms with E-state index in [0.717, 1.165) is 44.8 Å². The molecule has 4 heteroatoms. The summed E-state index contributed by atoms with van der Waals surface area (Å²) in [6, 6.07) is 6.61. The molecular formula is C17H25NO3. The van der Waals surface area contributed by atoms with Crippen molar-refractivity contribution in [3.63, 3.8) is 0 Å². The number of hydrogen-bond acceptors (Lipinski definition) is 4. The van der Waals surface area contributed by atoms with Crippen molar-refractivity contribution in [2.75, 3.05) is 34.0 Å². The first kappa shape index (κ1) is 14.8. The monoisotopic (exact) mass is 291 g/mol. The van der Waals surface area contributed by atoms with E-state index in [-0.39, 0.29) is 12.1 Å². The van der Waals surface area contributed by atoms with Gasteiger partial charge in [0.25, 0.3) is 0 Å². The first-order valence-electron chi connectivity index (χ1n) is 7.85. The van der Waals surface area contributed by atoms with Crippen LogP contribution in [-0.4, -0.2) is 40.1 Å². The van der Waals surface area contributed by atoms with E-state index in [9.17, 15) is 0 Å². The van der Waals surface area contributed by atoms with E-state index in [1.165, 1.54) is 11.1 Å². The highest BCUT2D eigenvalue weighted by molar-refractivity contribution is 5.40. The minimum atomic E-state index is 0.232. The normalized spacial score (nSPS) is 28.4. The fourth-order valence-electron chi connectivity index (χ4n) is 3.38. The molecule has 3 rings (SSSR count). The summed E-state index contributed by atoms with van der Waals surface area (Å²) in [5.74, 6) is 1.48. The Bertz CT molecular complexity index is 471. The molecule has 1 aliphatic heterocycles. The number of nitrogens with one attached hydrogen (secondary N) is 1. The fraction of sp³-hybridized carbons (Fsp3) is 0.647. The van der Waals surface area contributed by atoms with Gasteiger partial charge in [0.1, 0.15) is 5.75 Å². The molecule has 0 amide bonds. The van der Waals surface area contributed by atoms with E-state index in [4.69, 9.17) is 14.2 Å². The van der Waals surface area contributed by atoms with E-state index in [1.54, 1.807) is 7.11 Å². The molecule has 0 radical (unpaired) electrons. The second-order valence-electron chi connectivity index (χ2n) is 5.97. The van der Waals surface area contributed by atoms with Gasteiger partial charge in [0.05, 0.1) is 32.5 Å². The summed E-state index contributed by atoms with van der Waals surface area (Å²) in [6.07, 6.45) is 3.50. The third kappa shape index (κ3) is 3.23.